The fourth-order valence-electron chi connectivity index (χ4n) is 2.38. The van der Waals surface area contributed by atoms with E-state index in [4.69, 9.17) is 39.5 Å². The van der Waals surface area contributed by atoms with Crippen LogP contribution < -0.4 is 0 Å². The van der Waals surface area contributed by atoms with Crippen LogP contribution in [0.25, 0.3) is 22.2 Å². The summed E-state index contributed by atoms with van der Waals surface area (Å²) < 4.78 is 5.11. The number of H-pyrrole nitrogens is 1. The number of nitrogens with one attached hydrogen (secondary N) is 1. The highest BCUT2D eigenvalue weighted by molar-refractivity contribution is 6.51. The molecule has 0 unspecified atom stereocenters. The van der Waals surface area contributed by atoms with Crippen molar-refractivity contribution in [3.63, 3.8) is 0 Å². The summed E-state index contributed by atoms with van der Waals surface area (Å²) in [6, 6.07) is 7.01. The molecule has 1 aromatic carbocycles. The van der Waals surface area contributed by atoms with Gasteiger partial charge < -0.3 is 9.72 Å². The number of nitrogens with zero attached hydrogens (tertiary/aromatic N) is 1. The topological polar surface area (TPSA) is 55.0 Å². The molecule has 0 atom stereocenters. The zero-order chi connectivity index (χ0) is 16.6. The Morgan fingerprint density at radius 1 is 1.26 bits per heavy atom. The summed E-state index contributed by atoms with van der Waals surface area (Å²) >= 11 is 18.6. The average molecular weight is 370 g/mol. The second-order valence-corrected chi connectivity index (χ2v) is 5.88. The highest BCUT2D eigenvalue weighted by atomic mass is 35.5. The molecular weight excluding hydrogens is 359 g/mol. The number of hydrogen-bond donors (Lipinski definition) is 1. The number of aromatic nitrogens is 2. The molecule has 0 aliphatic carbocycles. The Balaban J connectivity index is 2.39. The van der Waals surface area contributed by atoms with E-state index in [1.807, 2.05) is 6.07 Å². The molecule has 0 bridgehead atoms. The first-order valence-corrected chi connectivity index (χ1v) is 7.95. The highest BCUT2D eigenvalue weighted by Gasteiger charge is 2.24. The summed E-state index contributed by atoms with van der Waals surface area (Å²) in [5, 5.41) is 1.38. The molecule has 0 spiro atoms. The van der Waals surface area contributed by atoms with Crippen LogP contribution >= 0.6 is 34.8 Å². The van der Waals surface area contributed by atoms with Gasteiger partial charge in [0.05, 0.1) is 27.4 Å². The average Bonchev–Trinajstić information content (AvgIpc) is 2.93. The van der Waals surface area contributed by atoms with E-state index in [0.717, 1.165) is 0 Å². The molecule has 2 aromatic heterocycles. The Kier molecular flexibility index (Phi) is 4.48. The van der Waals surface area contributed by atoms with Crippen LogP contribution in [-0.4, -0.2) is 22.5 Å². The lowest BCUT2D eigenvalue weighted by Gasteiger charge is -2.06. The molecule has 0 saturated carbocycles. The van der Waals surface area contributed by atoms with Gasteiger partial charge in [-0.1, -0.05) is 40.9 Å². The number of esters is 1. The van der Waals surface area contributed by atoms with Crippen molar-refractivity contribution in [3.05, 3.63) is 51.2 Å². The Labute approximate surface area is 147 Å². The summed E-state index contributed by atoms with van der Waals surface area (Å²) in [7, 11) is 0. The van der Waals surface area contributed by atoms with E-state index in [-0.39, 0.29) is 22.3 Å². The first-order valence-electron chi connectivity index (χ1n) is 6.82. The number of carbonyl (C=O) groups is 1. The largest absolute Gasteiger partial charge is 0.461 e. The number of halogens is 3. The molecule has 2 heterocycles. The fourth-order valence-corrected chi connectivity index (χ4v) is 3.08. The van der Waals surface area contributed by atoms with Crippen LogP contribution in [-0.2, 0) is 4.74 Å². The highest BCUT2D eigenvalue weighted by Crippen LogP contribution is 2.42. The van der Waals surface area contributed by atoms with Gasteiger partial charge in [-0.3, -0.25) is 4.98 Å². The van der Waals surface area contributed by atoms with Gasteiger partial charge in [0.15, 0.2) is 0 Å². The molecule has 0 radical (unpaired) electrons. The number of fused-ring (bicyclic) bond motifs is 1. The van der Waals surface area contributed by atoms with Gasteiger partial charge in [-0.05, 0) is 25.1 Å². The second kappa shape index (κ2) is 6.40. The second-order valence-electron chi connectivity index (χ2n) is 4.72. The number of pyridine rings is 1. The lowest BCUT2D eigenvalue weighted by molar-refractivity contribution is 0.0521. The first-order chi connectivity index (χ1) is 11.0. The third kappa shape index (κ3) is 2.78. The Bertz CT molecular complexity index is 891. The van der Waals surface area contributed by atoms with Crippen molar-refractivity contribution in [2.24, 2.45) is 0 Å². The molecule has 4 nitrogen and oxygen atoms in total. The van der Waals surface area contributed by atoms with E-state index in [9.17, 15) is 4.79 Å². The zero-order valence-corrected chi connectivity index (χ0v) is 14.3. The van der Waals surface area contributed by atoms with Crippen molar-refractivity contribution in [1.82, 2.24) is 9.97 Å². The normalized spacial score (nSPS) is 11.0. The molecule has 0 saturated heterocycles. The maximum Gasteiger partial charge on any atom is 0.355 e. The summed E-state index contributed by atoms with van der Waals surface area (Å²) in [6.45, 7) is 1.99. The van der Waals surface area contributed by atoms with E-state index in [2.05, 4.69) is 9.97 Å². The number of ether oxygens (including phenoxy) is 1. The zero-order valence-electron chi connectivity index (χ0n) is 12.0. The molecule has 118 valence electrons. The van der Waals surface area contributed by atoms with E-state index < -0.39 is 5.97 Å². The SMILES string of the molecule is CCOC(=O)c1[nH]c2cc(Cl)c(Cl)c(Cl)c2c1-c1ccccn1. The van der Waals surface area contributed by atoms with E-state index in [0.29, 0.717) is 27.2 Å². The Morgan fingerprint density at radius 2 is 2.04 bits per heavy atom. The van der Waals surface area contributed by atoms with Crippen molar-refractivity contribution in [3.8, 4) is 11.3 Å². The van der Waals surface area contributed by atoms with Crippen LogP contribution in [0.3, 0.4) is 0 Å². The van der Waals surface area contributed by atoms with Crippen molar-refractivity contribution in [2.45, 2.75) is 6.92 Å². The molecule has 1 N–H and O–H groups in total. The standard InChI is InChI=1S/C16H11Cl3N2O2/c1-2-23-16(22)15-12(9-5-3-4-6-20-9)11-10(21-15)7-8(17)13(18)14(11)19/h3-7,21H,2H2,1H3. The van der Waals surface area contributed by atoms with E-state index in [1.165, 1.54) is 0 Å². The molecule has 23 heavy (non-hydrogen) atoms. The lowest BCUT2D eigenvalue weighted by Crippen LogP contribution is -2.06. The third-order valence-electron chi connectivity index (χ3n) is 3.32. The minimum absolute atomic E-state index is 0.229. The van der Waals surface area contributed by atoms with Crippen LogP contribution in [0.5, 0.6) is 0 Å². The monoisotopic (exact) mass is 368 g/mol. The van der Waals surface area contributed by atoms with Gasteiger partial charge in [0, 0.05) is 22.7 Å². The Hall–Kier alpha value is -1.75. The minimum Gasteiger partial charge on any atom is -0.461 e. The van der Waals surface area contributed by atoms with Crippen molar-refractivity contribution >= 4 is 51.7 Å². The third-order valence-corrected chi connectivity index (χ3v) is 4.58. The summed E-state index contributed by atoms with van der Waals surface area (Å²) in [6.07, 6.45) is 1.63. The van der Waals surface area contributed by atoms with Crippen LogP contribution in [0, 0.1) is 0 Å². The number of aromatic amines is 1. The first kappa shape index (κ1) is 16.1. The van der Waals surface area contributed by atoms with Gasteiger partial charge in [0.1, 0.15) is 5.69 Å². The quantitative estimate of drug-likeness (QED) is 0.499. The summed E-state index contributed by atoms with van der Waals surface area (Å²) in [5.74, 6) is -0.493. The van der Waals surface area contributed by atoms with E-state index >= 15 is 0 Å². The van der Waals surface area contributed by atoms with Crippen molar-refractivity contribution in [2.75, 3.05) is 6.61 Å². The Morgan fingerprint density at radius 3 is 2.70 bits per heavy atom. The molecule has 3 rings (SSSR count). The molecule has 0 aliphatic heterocycles. The summed E-state index contributed by atoms with van der Waals surface area (Å²) in [5.41, 5.74) is 1.98. The molecule has 3 aromatic rings. The van der Waals surface area contributed by atoms with Crippen molar-refractivity contribution < 1.29 is 9.53 Å². The molecule has 0 aliphatic rings. The maximum absolute atomic E-state index is 12.3. The van der Waals surface area contributed by atoms with Gasteiger partial charge in [-0.25, -0.2) is 4.79 Å². The fraction of sp³-hybridized carbons (Fsp3) is 0.125. The molecule has 0 fully saturated rings. The van der Waals surface area contributed by atoms with Gasteiger partial charge in [0.2, 0.25) is 0 Å². The molecule has 7 heteroatoms. The predicted molar refractivity (Wildman–Crippen MR) is 92.5 cm³/mol. The van der Waals surface area contributed by atoms with Gasteiger partial charge in [0.25, 0.3) is 0 Å². The van der Waals surface area contributed by atoms with Crippen LogP contribution in [0.15, 0.2) is 30.5 Å². The number of hydrogen-bond acceptors (Lipinski definition) is 3. The molecule has 0 amide bonds. The summed E-state index contributed by atoms with van der Waals surface area (Å²) in [4.78, 5) is 19.6. The van der Waals surface area contributed by atoms with Crippen molar-refractivity contribution in [1.29, 1.82) is 0 Å². The van der Waals surface area contributed by atoms with Gasteiger partial charge in [-0.15, -0.1) is 0 Å². The molecular formula is C16H11Cl3N2O2. The number of carbonyl (C=O) groups excluding carboxylic acids is 1. The van der Waals surface area contributed by atoms with Crippen LogP contribution in [0.1, 0.15) is 17.4 Å². The lowest BCUT2D eigenvalue weighted by atomic mass is 10.1. The van der Waals surface area contributed by atoms with E-state index in [1.54, 1.807) is 31.3 Å². The van der Waals surface area contributed by atoms with Crippen LogP contribution in [0.4, 0.5) is 0 Å². The minimum atomic E-state index is -0.493. The smallest absolute Gasteiger partial charge is 0.355 e. The maximum atomic E-state index is 12.3. The van der Waals surface area contributed by atoms with Crippen LogP contribution in [0.2, 0.25) is 15.1 Å². The number of rotatable bonds is 3. The van der Waals surface area contributed by atoms with Gasteiger partial charge in [-0.2, -0.15) is 0 Å². The van der Waals surface area contributed by atoms with Gasteiger partial charge >= 0.3 is 5.97 Å². The predicted octanol–water partition coefficient (Wildman–Crippen LogP) is 5.37. The number of benzene rings is 1.